The Balaban J connectivity index is 3.34. The van der Waals surface area contributed by atoms with Crippen molar-refractivity contribution in [1.29, 1.82) is 0 Å². The van der Waals surface area contributed by atoms with Crippen LogP contribution >= 0.6 is 0 Å². The van der Waals surface area contributed by atoms with E-state index in [9.17, 15) is 8.42 Å². The number of nitrogens with zero attached hydrogens (tertiary/aromatic N) is 1. The van der Waals surface area contributed by atoms with Crippen LogP contribution in [0.4, 0.5) is 5.69 Å². The third-order valence-corrected chi connectivity index (χ3v) is 2.56. The van der Waals surface area contributed by atoms with Gasteiger partial charge in [-0.15, -0.1) is 0 Å². The summed E-state index contributed by atoms with van der Waals surface area (Å²) >= 11 is 0. The van der Waals surface area contributed by atoms with Gasteiger partial charge in [0.1, 0.15) is 5.69 Å². The van der Waals surface area contributed by atoms with Gasteiger partial charge in [0.2, 0.25) is 0 Å². The van der Waals surface area contributed by atoms with Crippen LogP contribution in [0.25, 0.3) is 0 Å². The standard InChI is InChI=1S/C8H12N2O5S/c1-14-7-5-3-4-6(8(7)15-2)10(9)16(11,12)13/h3-5H,9H2,1-2H3,(H,11,12,13). The first kappa shape index (κ1) is 12.6. The van der Waals surface area contributed by atoms with Crippen molar-refractivity contribution in [3.63, 3.8) is 0 Å². The number of hydrogen-bond donors (Lipinski definition) is 2. The Morgan fingerprint density at radius 1 is 1.31 bits per heavy atom. The minimum Gasteiger partial charge on any atom is -0.493 e. The zero-order valence-electron chi connectivity index (χ0n) is 8.75. The number of benzene rings is 1. The van der Waals surface area contributed by atoms with E-state index in [0.29, 0.717) is 5.75 Å². The predicted molar refractivity (Wildman–Crippen MR) is 57.8 cm³/mol. The van der Waals surface area contributed by atoms with Crippen LogP contribution in [0.3, 0.4) is 0 Å². The molecule has 0 aliphatic heterocycles. The van der Waals surface area contributed by atoms with Crippen molar-refractivity contribution >= 4 is 16.0 Å². The molecule has 1 rings (SSSR count). The molecule has 0 atom stereocenters. The Bertz CT molecular complexity index is 473. The van der Waals surface area contributed by atoms with Gasteiger partial charge in [-0.3, -0.25) is 4.55 Å². The zero-order chi connectivity index (χ0) is 12.3. The van der Waals surface area contributed by atoms with E-state index in [1.54, 1.807) is 6.07 Å². The number of rotatable bonds is 4. The highest BCUT2D eigenvalue weighted by atomic mass is 32.2. The molecule has 16 heavy (non-hydrogen) atoms. The van der Waals surface area contributed by atoms with E-state index in [0.717, 1.165) is 0 Å². The lowest BCUT2D eigenvalue weighted by Crippen LogP contribution is -2.37. The fourth-order valence-corrected chi connectivity index (χ4v) is 1.56. The fraction of sp³-hybridized carbons (Fsp3) is 0.250. The number of anilines is 1. The highest BCUT2D eigenvalue weighted by Gasteiger charge is 2.21. The smallest absolute Gasteiger partial charge is 0.373 e. The predicted octanol–water partition coefficient (Wildman–Crippen LogP) is 0.187. The number of methoxy groups -OCH3 is 2. The van der Waals surface area contributed by atoms with Gasteiger partial charge in [0.15, 0.2) is 11.5 Å². The number of para-hydroxylation sites is 1. The normalized spacial score (nSPS) is 11.0. The first-order chi connectivity index (χ1) is 7.41. The highest BCUT2D eigenvalue weighted by molar-refractivity contribution is 7.87. The molecule has 1 aromatic rings. The van der Waals surface area contributed by atoms with Crippen LogP contribution in [0, 0.1) is 0 Å². The molecule has 0 bridgehead atoms. The Kier molecular flexibility index (Phi) is 3.58. The quantitative estimate of drug-likeness (QED) is 0.448. The summed E-state index contributed by atoms with van der Waals surface area (Å²) in [7, 11) is -1.81. The molecule has 0 spiro atoms. The van der Waals surface area contributed by atoms with Crippen LogP contribution in [-0.2, 0) is 10.3 Å². The Morgan fingerprint density at radius 3 is 2.38 bits per heavy atom. The maximum atomic E-state index is 10.9. The molecule has 0 saturated heterocycles. The van der Waals surface area contributed by atoms with Gasteiger partial charge >= 0.3 is 10.3 Å². The summed E-state index contributed by atoms with van der Waals surface area (Å²) < 4.78 is 40.6. The van der Waals surface area contributed by atoms with Crippen molar-refractivity contribution in [2.75, 3.05) is 18.6 Å². The van der Waals surface area contributed by atoms with E-state index >= 15 is 0 Å². The summed E-state index contributed by atoms with van der Waals surface area (Å²) in [5.74, 6) is 5.65. The molecular weight excluding hydrogens is 236 g/mol. The van der Waals surface area contributed by atoms with Crippen LogP contribution < -0.4 is 19.7 Å². The van der Waals surface area contributed by atoms with Crippen LogP contribution in [-0.4, -0.2) is 27.2 Å². The lowest BCUT2D eigenvalue weighted by molar-refractivity contribution is 0.355. The van der Waals surface area contributed by atoms with E-state index < -0.39 is 10.3 Å². The van der Waals surface area contributed by atoms with Crippen LogP contribution in [0.1, 0.15) is 0 Å². The van der Waals surface area contributed by atoms with Gasteiger partial charge in [-0.2, -0.15) is 12.8 Å². The van der Waals surface area contributed by atoms with E-state index in [1.807, 2.05) is 0 Å². The molecule has 0 saturated carbocycles. The molecule has 3 N–H and O–H groups in total. The van der Waals surface area contributed by atoms with Crippen molar-refractivity contribution in [2.24, 2.45) is 5.84 Å². The first-order valence-electron chi connectivity index (χ1n) is 4.15. The van der Waals surface area contributed by atoms with Crippen molar-refractivity contribution in [1.82, 2.24) is 0 Å². The Morgan fingerprint density at radius 2 is 1.94 bits per heavy atom. The van der Waals surface area contributed by atoms with Gasteiger partial charge in [-0.1, -0.05) is 6.07 Å². The van der Waals surface area contributed by atoms with Gasteiger partial charge in [0.25, 0.3) is 0 Å². The SMILES string of the molecule is COc1cccc(N(N)S(=O)(=O)O)c1OC. The monoisotopic (exact) mass is 248 g/mol. The van der Waals surface area contributed by atoms with Crippen LogP contribution in [0.15, 0.2) is 18.2 Å². The molecule has 0 aliphatic carbocycles. The fourth-order valence-electron chi connectivity index (χ4n) is 1.17. The molecule has 7 nitrogen and oxygen atoms in total. The highest BCUT2D eigenvalue weighted by Crippen LogP contribution is 2.36. The average molecular weight is 248 g/mol. The van der Waals surface area contributed by atoms with Gasteiger partial charge in [0.05, 0.1) is 14.2 Å². The molecule has 0 radical (unpaired) electrons. The average Bonchev–Trinajstić information content (AvgIpc) is 2.25. The van der Waals surface area contributed by atoms with E-state index in [1.165, 1.54) is 26.4 Å². The van der Waals surface area contributed by atoms with Crippen molar-refractivity contribution < 1.29 is 22.4 Å². The third kappa shape index (κ3) is 2.35. The van der Waals surface area contributed by atoms with Gasteiger partial charge in [0, 0.05) is 0 Å². The number of hydrogen-bond acceptors (Lipinski definition) is 5. The maximum absolute atomic E-state index is 10.9. The number of hydrazine groups is 1. The molecule has 0 aromatic heterocycles. The molecule has 0 fully saturated rings. The van der Waals surface area contributed by atoms with Gasteiger partial charge in [-0.05, 0) is 12.1 Å². The third-order valence-electron chi connectivity index (χ3n) is 1.87. The second-order valence-corrected chi connectivity index (χ2v) is 4.08. The van der Waals surface area contributed by atoms with E-state index in [2.05, 4.69) is 0 Å². The molecule has 0 unspecified atom stereocenters. The molecule has 1 aromatic carbocycles. The van der Waals surface area contributed by atoms with Crippen molar-refractivity contribution in [3.8, 4) is 11.5 Å². The molecule has 90 valence electrons. The van der Waals surface area contributed by atoms with Crippen molar-refractivity contribution in [2.45, 2.75) is 0 Å². The van der Waals surface area contributed by atoms with Crippen LogP contribution in [0.5, 0.6) is 11.5 Å². The summed E-state index contributed by atoms with van der Waals surface area (Å²) in [6.07, 6.45) is 0. The molecule has 0 heterocycles. The Labute approximate surface area is 93.2 Å². The molecule has 8 heteroatoms. The summed E-state index contributed by atoms with van der Waals surface area (Å²) in [4.78, 5) is 0. The first-order valence-corrected chi connectivity index (χ1v) is 5.55. The maximum Gasteiger partial charge on any atom is 0.373 e. The number of nitrogens with two attached hydrogens (primary N) is 1. The minimum atomic E-state index is -4.54. The summed E-state index contributed by atoms with van der Waals surface area (Å²) in [5, 5.41) is 0. The molecule has 0 aliphatic rings. The second-order valence-electron chi connectivity index (χ2n) is 2.79. The van der Waals surface area contributed by atoms with Gasteiger partial charge in [-0.25, -0.2) is 5.84 Å². The largest absolute Gasteiger partial charge is 0.493 e. The summed E-state index contributed by atoms with van der Waals surface area (Å²) in [6.45, 7) is 0. The summed E-state index contributed by atoms with van der Waals surface area (Å²) in [6, 6.07) is 4.46. The zero-order valence-corrected chi connectivity index (χ0v) is 9.56. The topological polar surface area (TPSA) is 102 Å². The van der Waals surface area contributed by atoms with Crippen LogP contribution in [0.2, 0.25) is 0 Å². The molecular formula is C8H12N2O5S. The van der Waals surface area contributed by atoms with E-state index in [4.69, 9.17) is 19.9 Å². The van der Waals surface area contributed by atoms with E-state index in [-0.39, 0.29) is 15.9 Å². The summed E-state index contributed by atoms with van der Waals surface area (Å²) in [5.41, 5.74) is -0.0237. The lowest BCUT2D eigenvalue weighted by Gasteiger charge is -2.18. The minimum absolute atomic E-state index is 0.0237. The van der Waals surface area contributed by atoms with Crippen molar-refractivity contribution in [3.05, 3.63) is 18.2 Å². The second kappa shape index (κ2) is 4.56. The van der Waals surface area contributed by atoms with Gasteiger partial charge < -0.3 is 9.47 Å². The Hall–Kier alpha value is -1.51. The lowest BCUT2D eigenvalue weighted by atomic mass is 10.3. The molecule has 0 amide bonds. The number of ether oxygens (including phenoxy) is 2.